The second-order valence-electron chi connectivity index (χ2n) is 4.36. The van der Waals surface area contributed by atoms with Gasteiger partial charge in [-0.25, -0.2) is 0 Å². The molecule has 0 saturated carbocycles. The molecule has 0 nitrogen and oxygen atoms in total. The molecule has 2 aromatic carbocycles. The van der Waals surface area contributed by atoms with E-state index in [9.17, 15) is 0 Å². The predicted molar refractivity (Wildman–Crippen MR) is 68.5 cm³/mol. The van der Waals surface area contributed by atoms with E-state index in [4.69, 9.17) is 0 Å². The molecule has 0 aliphatic heterocycles. The van der Waals surface area contributed by atoms with E-state index < -0.39 is 0 Å². The highest BCUT2D eigenvalue weighted by molar-refractivity contribution is 5.67. The fourth-order valence-electron chi connectivity index (χ4n) is 1.81. The van der Waals surface area contributed by atoms with E-state index in [-0.39, 0.29) is 0 Å². The van der Waals surface area contributed by atoms with Crippen LogP contribution < -0.4 is 0 Å². The fraction of sp³-hybridized carbons (Fsp3) is 0.250. The van der Waals surface area contributed by atoms with Crippen molar-refractivity contribution in [2.75, 3.05) is 0 Å². The summed E-state index contributed by atoms with van der Waals surface area (Å²) in [6.45, 7) is 8.49. The molecule has 0 aliphatic rings. The molecule has 0 N–H and O–H groups in total. The summed E-state index contributed by atoms with van der Waals surface area (Å²) in [5, 5.41) is 0. The molecule has 0 atom stereocenters. The van der Waals surface area contributed by atoms with Crippen LogP contribution in [0.1, 0.15) is 22.3 Å². The molecule has 0 radical (unpaired) electrons. The monoisotopic (exact) mass is 208 g/mol. The van der Waals surface area contributed by atoms with E-state index >= 15 is 0 Å². The maximum atomic E-state index is 3.24. The van der Waals surface area contributed by atoms with Gasteiger partial charge in [0.05, 0.1) is 0 Å². The zero-order chi connectivity index (χ0) is 11.7. The normalized spacial score (nSPS) is 10.0. The summed E-state index contributed by atoms with van der Waals surface area (Å²) >= 11 is 0. The van der Waals surface area contributed by atoms with Crippen molar-refractivity contribution in [1.82, 2.24) is 0 Å². The lowest BCUT2D eigenvalue weighted by atomic mass is 9.96. The molecule has 2 aromatic rings. The fourth-order valence-corrected chi connectivity index (χ4v) is 1.81. The van der Waals surface area contributed by atoms with Crippen LogP contribution in [0.3, 0.4) is 0 Å². The first kappa shape index (κ1) is 10.8. The molecule has 0 spiro atoms. The van der Waals surface area contributed by atoms with Gasteiger partial charge in [0.2, 0.25) is 0 Å². The van der Waals surface area contributed by atoms with Gasteiger partial charge >= 0.3 is 0 Å². The van der Waals surface area contributed by atoms with Crippen molar-refractivity contribution >= 4 is 0 Å². The average molecular weight is 208 g/mol. The van der Waals surface area contributed by atoms with Crippen LogP contribution in [0, 0.1) is 39.8 Å². The highest BCUT2D eigenvalue weighted by Crippen LogP contribution is 2.24. The minimum Gasteiger partial charge on any atom is -0.0661 e. The largest absolute Gasteiger partial charge is 0.0661 e. The van der Waals surface area contributed by atoms with E-state index in [2.05, 4.69) is 64.1 Å². The SMILES string of the molecule is Cc1c#cc(-c2cccc(C)c2C)cc1C. The van der Waals surface area contributed by atoms with Crippen LogP contribution >= 0.6 is 0 Å². The first-order valence-electron chi connectivity index (χ1n) is 5.57. The van der Waals surface area contributed by atoms with Crippen LogP contribution in [0.4, 0.5) is 0 Å². The summed E-state index contributed by atoms with van der Waals surface area (Å²) in [5.41, 5.74) is 7.51. The van der Waals surface area contributed by atoms with Gasteiger partial charge in [-0.2, -0.15) is 0 Å². The van der Waals surface area contributed by atoms with E-state index in [1.807, 2.05) is 0 Å². The van der Waals surface area contributed by atoms with Crippen molar-refractivity contribution in [2.24, 2.45) is 0 Å². The van der Waals surface area contributed by atoms with Gasteiger partial charge in [0, 0.05) is 11.1 Å². The molecule has 0 heterocycles. The Morgan fingerprint density at radius 3 is 2.31 bits per heavy atom. The molecule has 16 heavy (non-hydrogen) atoms. The van der Waals surface area contributed by atoms with E-state index in [1.54, 1.807) is 0 Å². The summed E-state index contributed by atoms with van der Waals surface area (Å²) in [5.74, 6) is 0. The maximum Gasteiger partial charge on any atom is 0.0327 e. The van der Waals surface area contributed by atoms with Crippen LogP contribution in [0.15, 0.2) is 24.3 Å². The van der Waals surface area contributed by atoms with Crippen LogP contribution in [-0.2, 0) is 0 Å². The Hall–Kier alpha value is -1.74. The highest BCUT2D eigenvalue weighted by Gasteiger charge is 2.04. The van der Waals surface area contributed by atoms with Crippen LogP contribution in [0.5, 0.6) is 0 Å². The second-order valence-corrected chi connectivity index (χ2v) is 4.36. The number of rotatable bonds is 1. The zero-order valence-electron chi connectivity index (χ0n) is 10.3. The smallest absolute Gasteiger partial charge is 0.0327 e. The van der Waals surface area contributed by atoms with Crippen molar-refractivity contribution < 1.29 is 0 Å². The second kappa shape index (κ2) is 4.02. The van der Waals surface area contributed by atoms with Crippen LogP contribution in [0.25, 0.3) is 11.1 Å². The number of benzene rings is 1. The van der Waals surface area contributed by atoms with Crippen LogP contribution in [-0.4, -0.2) is 0 Å². The Labute approximate surface area is 97.9 Å². The lowest BCUT2D eigenvalue weighted by molar-refractivity contribution is 1.32. The third-order valence-corrected chi connectivity index (χ3v) is 3.23. The Balaban J connectivity index is 2.59. The molecule has 0 amide bonds. The summed E-state index contributed by atoms with van der Waals surface area (Å²) in [6, 6.07) is 15.0. The number of hydrogen-bond acceptors (Lipinski definition) is 0. The van der Waals surface area contributed by atoms with Gasteiger partial charge in [0.1, 0.15) is 0 Å². The molecule has 0 bridgehead atoms. The number of aryl methyl sites for hydroxylation is 2. The maximum absolute atomic E-state index is 3.24. The minimum absolute atomic E-state index is 1.14. The van der Waals surface area contributed by atoms with Crippen molar-refractivity contribution in [1.29, 1.82) is 0 Å². The van der Waals surface area contributed by atoms with Crippen molar-refractivity contribution in [3.05, 3.63) is 58.7 Å². The van der Waals surface area contributed by atoms with Gasteiger partial charge in [-0.05, 0) is 56.0 Å². The Morgan fingerprint density at radius 1 is 0.875 bits per heavy atom. The molecule has 0 heteroatoms. The molecule has 0 aromatic heterocycles. The predicted octanol–water partition coefficient (Wildman–Crippen LogP) is 4.19. The third kappa shape index (κ3) is 1.82. The first-order valence-corrected chi connectivity index (χ1v) is 5.57. The van der Waals surface area contributed by atoms with Gasteiger partial charge in [0.15, 0.2) is 0 Å². The van der Waals surface area contributed by atoms with Gasteiger partial charge in [-0.3, -0.25) is 0 Å². The van der Waals surface area contributed by atoms with Gasteiger partial charge in [-0.15, -0.1) is 0 Å². The number of hydrogen-bond donors (Lipinski definition) is 0. The minimum atomic E-state index is 1.14. The molecule has 2 rings (SSSR count). The molecule has 0 unspecified atom stereocenters. The molecule has 0 saturated heterocycles. The lowest BCUT2D eigenvalue weighted by Crippen LogP contribution is -1.87. The van der Waals surface area contributed by atoms with Crippen molar-refractivity contribution in [2.45, 2.75) is 27.7 Å². The zero-order valence-corrected chi connectivity index (χ0v) is 10.3. The van der Waals surface area contributed by atoms with E-state index in [0.717, 1.165) is 5.56 Å². The van der Waals surface area contributed by atoms with E-state index in [0.29, 0.717) is 0 Å². The third-order valence-electron chi connectivity index (χ3n) is 3.23. The summed E-state index contributed by atoms with van der Waals surface area (Å²) in [4.78, 5) is 0. The molecular formula is C16H16. The summed E-state index contributed by atoms with van der Waals surface area (Å²) in [6.07, 6.45) is 0. The summed E-state index contributed by atoms with van der Waals surface area (Å²) in [7, 11) is 0. The van der Waals surface area contributed by atoms with Gasteiger partial charge < -0.3 is 0 Å². The standard InChI is InChI=1S/C16H16/c1-11-8-9-15(10-13(11)3)16-7-5-6-12(2)14(16)4/h5-7,10H,1-4H3. The first-order chi connectivity index (χ1) is 7.59. The molecule has 0 fully saturated rings. The Bertz CT molecular complexity index is 522. The van der Waals surface area contributed by atoms with Crippen LogP contribution in [0.2, 0.25) is 0 Å². The van der Waals surface area contributed by atoms with Crippen molar-refractivity contribution in [3.63, 3.8) is 0 Å². The van der Waals surface area contributed by atoms with Gasteiger partial charge in [-0.1, -0.05) is 30.3 Å². The van der Waals surface area contributed by atoms with Gasteiger partial charge in [0.25, 0.3) is 0 Å². The Kier molecular flexibility index (Phi) is 2.71. The topological polar surface area (TPSA) is 0 Å². The quantitative estimate of drug-likeness (QED) is 0.659. The van der Waals surface area contributed by atoms with E-state index in [1.165, 1.54) is 27.8 Å². The average Bonchev–Trinajstić information content (AvgIpc) is 2.26. The molecule has 80 valence electrons. The summed E-state index contributed by atoms with van der Waals surface area (Å²) < 4.78 is 0. The Morgan fingerprint density at radius 2 is 1.62 bits per heavy atom. The van der Waals surface area contributed by atoms with Crippen molar-refractivity contribution in [3.8, 4) is 11.1 Å². The molecule has 0 aliphatic carbocycles. The lowest BCUT2D eigenvalue weighted by Gasteiger charge is -2.07. The molecular weight excluding hydrogens is 192 g/mol. The highest BCUT2D eigenvalue weighted by atomic mass is 14.1.